The number of rotatable bonds is 2. The third kappa shape index (κ3) is 2.70. The number of amides is 1. The van der Waals surface area contributed by atoms with Crippen molar-refractivity contribution in [1.29, 1.82) is 0 Å². The van der Waals surface area contributed by atoms with Crippen LogP contribution < -0.4 is 5.48 Å². The van der Waals surface area contributed by atoms with E-state index < -0.39 is 0 Å². The largest absolute Gasteiger partial charge is 0.371 e. The first-order chi connectivity index (χ1) is 6.65. The van der Waals surface area contributed by atoms with Crippen molar-refractivity contribution < 1.29 is 14.4 Å². The highest BCUT2D eigenvalue weighted by Crippen LogP contribution is 2.18. The molecule has 1 N–H and O–H groups in total. The lowest BCUT2D eigenvalue weighted by atomic mass is 9.97. The second-order valence-electron chi connectivity index (χ2n) is 3.41. The fraction of sp³-hybridized carbons (Fsp3) is 0.778. The smallest absolute Gasteiger partial charge is 0.327 e. The Balaban J connectivity index is 2.35. The van der Waals surface area contributed by atoms with Crippen LogP contribution in [0.4, 0.5) is 0 Å². The summed E-state index contributed by atoms with van der Waals surface area (Å²) in [7, 11) is 1.56. The second-order valence-corrected chi connectivity index (χ2v) is 3.41. The molecule has 5 nitrogen and oxygen atoms in total. The molecule has 1 amide bonds. The van der Waals surface area contributed by atoms with Gasteiger partial charge in [-0.1, -0.05) is 0 Å². The third-order valence-corrected chi connectivity index (χ3v) is 2.48. The van der Waals surface area contributed by atoms with Crippen LogP contribution in [-0.4, -0.2) is 36.9 Å². The van der Waals surface area contributed by atoms with E-state index in [-0.39, 0.29) is 17.8 Å². The predicted molar refractivity (Wildman–Crippen MR) is 50.1 cm³/mol. The van der Waals surface area contributed by atoms with Crippen LogP contribution in [0, 0.1) is 5.92 Å². The Morgan fingerprint density at radius 1 is 1.36 bits per heavy atom. The topological polar surface area (TPSA) is 58.6 Å². The molecule has 0 spiro atoms. The Hall–Kier alpha value is -1.10. The Kier molecular flexibility index (Phi) is 3.88. The summed E-state index contributed by atoms with van der Waals surface area (Å²) >= 11 is 0. The van der Waals surface area contributed by atoms with Crippen LogP contribution in [0.5, 0.6) is 0 Å². The number of hydrogen-bond donors (Lipinski definition) is 1. The summed E-state index contributed by atoms with van der Waals surface area (Å²) in [5.74, 6) is -0.223. The van der Waals surface area contributed by atoms with Gasteiger partial charge in [0.2, 0.25) is 5.91 Å². The van der Waals surface area contributed by atoms with Crippen LogP contribution in [0.25, 0.3) is 0 Å². The Morgan fingerprint density at radius 3 is 2.36 bits per heavy atom. The minimum Gasteiger partial charge on any atom is -0.371 e. The predicted octanol–water partition coefficient (Wildman–Crippen LogP) is -0.0775. The monoisotopic (exact) mass is 200 g/mol. The Morgan fingerprint density at radius 2 is 1.93 bits per heavy atom. The van der Waals surface area contributed by atoms with E-state index in [0.717, 1.165) is 0 Å². The van der Waals surface area contributed by atoms with E-state index in [1.807, 2.05) is 0 Å². The summed E-state index contributed by atoms with van der Waals surface area (Å²) < 4.78 is 0. The zero-order valence-electron chi connectivity index (χ0n) is 8.58. The van der Waals surface area contributed by atoms with Gasteiger partial charge in [0.1, 0.15) is 0 Å². The Labute approximate surface area is 83.4 Å². The number of nitrogens with zero attached hydrogens (tertiary/aromatic N) is 1. The molecule has 5 heteroatoms. The summed E-state index contributed by atoms with van der Waals surface area (Å²) in [6.45, 7) is 2.85. The minimum atomic E-state index is -0.226. The lowest BCUT2D eigenvalue weighted by molar-refractivity contribution is -0.157. The van der Waals surface area contributed by atoms with Crippen molar-refractivity contribution in [2.75, 3.05) is 20.1 Å². The molecule has 1 heterocycles. The van der Waals surface area contributed by atoms with Gasteiger partial charge < -0.3 is 9.74 Å². The van der Waals surface area contributed by atoms with Crippen LogP contribution in [0.2, 0.25) is 0 Å². The molecule has 0 aromatic rings. The van der Waals surface area contributed by atoms with Gasteiger partial charge in [-0.05, 0) is 12.8 Å². The first-order valence-corrected chi connectivity index (χ1v) is 4.78. The zero-order valence-corrected chi connectivity index (χ0v) is 8.58. The summed E-state index contributed by atoms with van der Waals surface area (Å²) in [6.07, 6.45) is 1.39. The highest BCUT2D eigenvalue weighted by molar-refractivity contribution is 5.75. The number of carbonyl (C=O) groups is 2. The van der Waals surface area contributed by atoms with Crippen LogP contribution in [0.15, 0.2) is 0 Å². The van der Waals surface area contributed by atoms with Crippen molar-refractivity contribution >= 4 is 11.9 Å². The first-order valence-electron chi connectivity index (χ1n) is 4.78. The van der Waals surface area contributed by atoms with Crippen LogP contribution in [0.3, 0.4) is 0 Å². The maximum Gasteiger partial charge on any atom is 0.327 e. The molecule has 1 saturated heterocycles. The van der Waals surface area contributed by atoms with E-state index in [1.165, 1.54) is 0 Å². The maximum absolute atomic E-state index is 11.3. The quantitative estimate of drug-likeness (QED) is 0.633. The summed E-state index contributed by atoms with van der Waals surface area (Å²) in [6, 6.07) is 0. The first kappa shape index (κ1) is 11.0. The van der Waals surface area contributed by atoms with E-state index >= 15 is 0 Å². The lowest BCUT2D eigenvalue weighted by Crippen LogP contribution is -2.40. The fourth-order valence-corrected chi connectivity index (χ4v) is 1.61. The number of hydroxylamine groups is 1. The SMILES string of the molecule is CNOC(=O)C1CCN(C(C)=O)CC1. The molecule has 1 aliphatic heterocycles. The number of carbonyl (C=O) groups excluding carboxylic acids is 2. The average molecular weight is 200 g/mol. The van der Waals surface area contributed by atoms with Gasteiger partial charge in [0.05, 0.1) is 5.92 Å². The van der Waals surface area contributed by atoms with Crippen molar-refractivity contribution in [3.05, 3.63) is 0 Å². The van der Waals surface area contributed by atoms with Gasteiger partial charge in [0.25, 0.3) is 0 Å². The van der Waals surface area contributed by atoms with Gasteiger partial charge in [-0.3, -0.25) is 9.59 Å². The molecule has 0 atom stereocenters. The molecule has 14 heavy (non-hydrogen) atoms. The summed E-state index contributed by atoms with van der Waals surface area (Å²) in [5.41, 5.74) is 2.37. The van der Waals surface area contributed by atoms with Crippen molar-refractivity contribution in [1.82, 2.24) is 10.4 Å². The number of piperidine rings is 1. The van der Waals surface area contributed by atoms with Gasteiger partial charge in [-0.15, -0.1) is 0 Å². The highest BCUT2D eigenvalue weighted by atomic mass is 16.7. The average Bonchev–Trinajstić information content (AvgIpc) is 2.18. The summed E-state index contributed by atoms with van der Waals surface area (Å²) in [5, 5.41) is 0. The fourth-order valence-electron chi connectivity index (χ4n) is 1.61. The molecule has 0 aliphatic carbocycles. The van der Waals surface area contributed by atoms with Gasteiger partial charge in [-0.25, -0.2) is 0 Å². The number of hydrogen-bond acceptors (Lipinski definition) is 4. The summed E-state index contributed by atoms with van der Waals surface area (Å²) in [4.78, 5) is 28.7. The maximum atomic E-state index is 11.3. The molecule has 1 rings (SSSR count). The van der Waals surface area contributed by atoms with Crippen LogP contribution in [-0.2, 0) is 14.4 Å². The van der Waals surface area contributed by atoms with E-state index in [9.17, 15) is 9.59 Å². The molecule has 0 saturated carbocycles. The molecule has 0 unspecified atom stereocenters. The van der Waals surface area contributed by atoms with Crippen LogP contribution >= 0.6 is 0 Å². The van der Waals surface area contributed by atoms with E-state index in [1.54, 1.807) is 18.9 Å². The van der Waals surface area contributed by atoms with E-state index in [2.05, 4.69) is 10.3 Å². The normalized spacial score (nSPS) is 18.0. The molecule has 0 aromatic carbocycles. The molecule has 0 aromatic heterocycles. The van der Waals surface area contributed by atoms with Gasteiger partial charge in [0.15, 0.2) is 0 Å². The standard InChI is InChI=1S/C9H16N2O3/c1-7(12)11-5-3-8(4-6-11)9(13)14-10-2/h8,10H,3-6H2,1-2H3. The highest BCUT2D eigenvalue weighted by Gasteiger charge is 2.26. The Bertz CT molecular complexity index is 222. The molecule has 80 valence electrons. The molecule has 1 fully saturated rings. The second kappa shape index (κ2) is 4.95. The van der Waals surface area contributed by atoms with Crippen molar-refractivity contribution in [2.45, 2.75) is 19.8 Å². The van der Waals surface area contributed by atoms with Crippen molar-refractivity contribution in [2.24, 2.45) is 5.92 Å². The lowest BCUT2D eigenvalue weighted by Gasteiger charge is -2.29. The molecular weight excluding hydrogens is 184 g/mol. The van der Waals surface area contributed by atoms with Crippen LogP contribution in [0.1, 0.15) is 19.8 Å². The number of nitrogens with one attached hydrogen (secondary N) is 1. The van der Waals surface area contributed by atoms with Gasteiger partial charge >= 0.3 is 5.97 Å². The molecule has 0 radical (unpaired) electrons. The third-order valence-electron chi connectivity index (χ3n) is 2.48. The van der Waals surface area contributed by atoms with E-state index in [0.29, 0.717) is 25.9 Å². The zero-order chi connectivity index (χ0) is 10.6. The van der Waals surface area contributed by atoms with Gasteiger partial charge in [0, 0.05) is 27.1 Å². The minimum absolute atomic E-state index is 0.0713. The molecular formula is C9H16N2O3. The number of likely N-dealkylation sites (tertiary alicyclic amines) is 1. The van der Waals surface area contributed by atoms with Gasteiger partial charge in [-0.2, -0.15) is 5.48 Å². The molecule has 0 bridgehead atoms. The van der Waals surface area contributed by atoms with Crippen molar-refractivity contribution in [3.63, 3.8) is 0 Å². The van der Waals surface area contributed by atoms with E-state index in [4.69, 9.17) is 0 Å². The molecule has 1 aliphatic rings. The van der Waals surface area contributed by atoms with Crippen molar-refractivity contribution in [3.8, 4) is 0 Å².